The second-order valence-corrected chi connectivity index (χ2v) is 7.83. The summed E-state index contributed by atoms with van der Waals surface area (Å²) in [6.07, 6.45) is 4.49. The fourth-order valence-electron chi connectivity index (χ4n) is 2.87. The molecule has 7 heteroatoms. The van der Waals surface area contributed by atoms with E-state index < -0.39 is 5.97 Å². The zero-order chi connectivity index (χ0) is 16.9. The maximum Gasteiger partial charge on any atom is 0.358 e. The molecule has 5 nitrogen and oxygen atoms in total. The molecule has 3 rings (SSSR count). The van der Waals surface area contributed by atoms with Gasteiger partial charge >= 0.3 is 5.97 Å². The maximum absolute atomic E-state index is 12.0. The lowest BCUT2D eigenvalue weighted by atomic mass is 9.86. The second kappa shape index (κ2) is 7.90. The number of esters is 1. The van der Waals surface area contributed by atoms with Crippen molar-refractivity contribution in [1.82, 2.24) is 10.3 Å². The standard InChI is InChI=1S/C17H20N2O3S2/c1-11-5-2-3-6-12(11)18-15(20)9-22-17(21)13-10-24-16(19-13)14-7-4-8-23-14/h4,7-8,10-12H,2-3,5-6,9H2,1H3,(H,18,20)/t11-,12-/m0/s1. The van der Waals surface area contributed by atoms with Crippen molar-refractivity contribution in [2.75, 3.05) is 6.61 Å². The van der Waals surface area contributed by atoms with E-state index in [9.17, 15) is 9.59 Å². The molecular formula is C17H20N2O3S2. The number of amides is 1. The molecule has 1 amide bonds. The topological polar surface area (TPSA) is 68.3 Å². The molecule has 1 N–H and O–H groups in total. The van der Waals surface area contributed by atoms with E-state index in [-0.39, 0.29) is 24.2 Å². The van der Waals surface area contributed by atoms with E-state index in [0.717, 1.165) is 29.1 Å². The lowest BCUT2D eigenvalue weighted by Crippen LogP contribution is -2.42. The quantitative estimate of drug-likeness (QED) is 0.821. The van der Waals surface area contributed by atoms with Crippen LogP contribution in [0.3, 0.4) is 0 Å². The Bertz CT molecular complexity index is 697. The van der Waals surface area contributed by atoms with Crippen molar-refractivity contribution in [3.63, 3.8) is 0 Å². The number of nitrogens with one attached hydrogen (secondary N) is 1. The molecule has 0 aromatic carbocycles. The molecule has 2 aromatic rings. The fraction of sp³-hybridized carbons (Fsp3) is 0.471. The Morgan fingerprint density at radius 1 is 1.33 bits per heavy atom. The Morgan fingerprint density at radius 3 is 2.92 bits per heavy atom. The van der Waals surface area contributed by atoms with Crippen LogP contribution in [0.25, 0.3) is 9.88 Å². The van der Waals surface area contributed by atoms with Crippen molar-refractivity contribution in [1.29, 1.82) is 0 Å². The third-order valence-corrected chi connectivity index (χ3v) is 6.12. The molecule has 0 unspecified atom stereocenters. The van der Waals surface area contributed by atoms with Gasteiger partial charge in [-0.1, -0.05) is 25.8 Å². The number of thiazole rings is 1. The molecule has 0 radical (unpaired) electrons. The Balaban J connectivity index is 1.49. The first-order chi connectivity index (χ1) is 11.6. The van der Waals surface area contributed by atoms with Crippen molar-refractivity contribution in [3.05, 3.63) is 28.6 Å². The Kier molecular flexibility index (Phi) is 5.63. The number of carbonyl (C=O) groups excluding carboxylic acids is 2. The minimum Gasteiger partial charge on any atom is -0.451 e. The van der Waals surface area contributed by atoms with Crippen LogP contribution in [-0.2, 0) is 9.53 Å². The number of aromatic nitrogens is 1. The third kappa shape index (κ3) is 4.21. The average Bonchev–Trinajstić information content (AvgIpc) is 3.25. The first-order valence-electron chi connectivity index (χ1n) is 8.09. The minimum absolute atomic E-state index is 0.189. The molecule has 0 aliphatic heterocycles. The third-order valence-electron chi connectivity index (χ3n) is 4.24. The van der Waals surface area contributed by atoms with Crippen LogP contribution in [0.2, 0.25) is 0 Å². The van der Waals surface area contributed by atoms with Gasteiger partial charge in [0.05, 0.1) is 4.88 Å². The van der Waals surface area contributed by atoms with Gasteiger partial charge in [-0.15, -0.1) is 22.7 Å². The van der Waals surface area contributed by atoms with Crippen LogP contribution >= 0.6 is 22.7 Å². The summed E-state index contributed by atoms with van der Waals surface area (Å²) in [5.74, 6) is -0.318. The molecule has 1 aliphatic rings. The van der Waals surface area contributed by atoms with Crippen LogP contribution in [0.4, 0.5) is 0 Å². The van der Waals surface area contributed by atoms with Crippen LogP contribution in [0.5, 0.6) is 0 Å². The Labute approximate surface area is 149 Å². The lowest BCUT2D eigenvalue weighted by Gasteiger charge is -2.29. The highest BCUT2D eigenvalue weighted by molar-refractivity contribution is 7.20. The van der Waals surface area contributed by atoms with Gasteiger partial charge in [-0.25, -0.2) is 9.78 Å². The van der Waals surface area contributed by atoms with E-state index in [1.165, 1.54) is 17.8 Å². The lowest BCUT2D eigenvalue weighted by molar-refractivity contribution is -0.125. The summed E-state index contributed by atoms with van der Waals surface area (Å²) < 4.78 is 5.09. The molecule has 1 aliphatic carbocycles. The van der Waals surface area contributed by atoms with Crippen molar-refractivity contribution < 1.29 is 14.3 Å². The van der Waals surface area contributed by atoms with E-state index in [1.54, 1.807) is 16.7 Å². The predicted molar refractivity (Wildman–Crippen MR) is 95.3 cm³/mol. The summed E-state index contributed by atoms with van der Waals surface area (Å²) in [7, 11) is 0. The molecule has 0 saturated heterocycles. The van der Waals surface area contributed by atoms with Gasteiger partial charge in [-0.3, -0.25) is 4.79 Å². The molecule has 0 bridgehead atoms. The van der Waals surface area contributed by atoms with Gasteiger partial charge in [-0.05, 0) is 30.2 Å². The molecule has 1 saturated carbocycles. The van der Waals surface area contributed by atoms with Crippen molar-refractivity contribution in [3.8, 4) is 9.88 Å². The molecule has 2 heterocycles. The van der Waals surface area contributed by atoms with E-state index in [2.05, 4.69) is 17.2 Å². The second-order valence-electron chi connectivity index (χ2n) is 6.03. The number of ether oxygens (including phenoxy) is 1. The van der Waals surface area contributed by atoms with Crippen LogP contribution < -0.4 is 5.32 Å². The number of carbonyl (C=O) groups is 2. The number of rotatable bonds is 5. The maximum atomic E-state index is 12.0. The first kappa shape index (κ1) is 17.1. The normalized spacial score (nSPS) is 20.5. The van der Waals surface area contributed by atoms with Crippen molar-refractivity contribution in [2.24, 2.45) is 5.92 Å². The minimum atomic E-state index is -0.555. The molecule has 2 aromatic heterocycles. The SMILES string of the molecule is C[C@H]1CCCC[C@@H]1NC(=O)COC(=O)c1csc(-c2cccs2)n1. The molecular weight excluding hydrogens is 344 g/mol. The van der Waals surface area contributed by atoms with E-state index >= 15 is 0 Å². The summed E-state index contributed by atoms with van der Waals surface area (Å²) in [5.41, 5.74) is 0.252. The van der Waals surface area contributed by atoms with Crippen LogP contribution in [-0.4, -0.2) is 29.5 Å². The summed E-state index contributed by atoms with van der Waals surface area (Å²) in [6, 6.07) is 4.09. The van der Waals surface area contributed by atoms with Gasteiger partial charge in [-0.2, -0.15) is 0 Å². The largest absolute Gasteiger partial charge is 0.451 e. The Hall–Kier alpha value is -1.73. The summed E-state index contributed by atoms with van der Waals surface area (Å²) in [4.78, 5) is 29.3. The molecule has 2 atom stereocenters. The van der Waals surface area contributed by atoms with Gasteiger partial charge in [0.25, 0.3) is 5.91 Å². The average molecular weight is 364 g/mol. The van der Waals surface area contributed by atoms with Crippen LogP contribution in [0.1, 0.15) is 43.1 Å². The van der Waals surface area contributed by atoms with Gasteiger partial charge in [0.15, 0.2) is 12.3 Å². The summed E-state index contributed by atoms with van der Waals surface area (Å²) in [5, 5.41) is 7.39. The highest BCUT2D eigenvalue weighted by atomic mass is 32.1. The highest BCUT2D eigenvalue weighted by Crippen LogP contribution is 2.28. The van der Waals surface area contributed by atoms with Gasteiger partial charge in [0, 0.05) is 11.4 Å². The van der Waals surface area contributed by atoms with Crippen molar-refractivity contribution in [2.45, 2.75) is 38.6 Å². The number of thiophene rings is 1. The first-order valence-corrected chi connectivity index (χ1v) is 9.85. The number of hydrogen-bond donors (Lipinski definition) is 1. The zero-order valence-electron chi connectivity index (χ0n) is 13.5. The van der Waals surface area contributed by atoms with Gasteiger partial charge in [0.1, 0.15) is 5.01 Å². The highest BCUT2D eigenvalue weighted by Gasteiger charge is 2.23. The van der Waals surface area contributed by atoms with Crippen molar-refractivity contribution >= 4 is 34.6 Å². The predicted octanol–water partition coefficient (Wildman–Crippen LogP) is 3.72. The number of nitrogens with zero attached hydrogens (tertiary/aromatic N) is 1. The molecule has 0 spiro atoms. The van der Waals surface area contributed by atoms with Crippen LogP contribution in [0.15, 0.2) is 22.9 Å². The van der Waals surface area contributed by atoms with Gasteiger partial charge in [0.2, 0.25) is 0 Å². The molecule has 24 heavy (non-hydrogen) atoms. The van der Waals surface area contributed by atoms with E-state index in [1.807, 2.05) is 17.5 Å². The molecule has 128 valence electrons. The van der Waals surface area contributed by atoms with Gasteiger partial charge < -0.3 is 10.1 Å². The molecule has 1 fully saturated rings. The van der Waals surface area contributed by atoms with E-state index in [0.29, 0.717) is 5.92 Å². The number of hydrogen-bond acceptors (Lipinski definition) is 6. The zero-order valence-corrected chi connectivity index (χ0v) is 15.1. The van der Waals surface area contributed by atoms with Crippen LogP contribution in [0, 0.1) is 5.92 Å². The van der Waals surface area contributed by atoms with E-state index in [4.69, 9.17) is 4.74 Å². The summed E-state index contributed by atoms with van der Waals surface area (Å²) >= 11 is 2.97. The monoisotopic (exact) mass is 364 g/mol. The fourth-order valence-corrected chi connectivity index (χ4v) is 4.47. The smallest absolute Gasteiger partial charge is 0.358 e. The Morgan fingerprint density at radius 2 is 2.17 bits per heavy atom. The summed E-state index contributed by atoms with van der Waals surface area (Å²) in [6.45, 7) is 1.89.